The van der Waals surface area contributed by atoms with E-state index in [9.17, 15) is 9.90 Å². The average Bonchev–Trinajstić information content (AvgIpc) is 2.73. The second-order valence-corrected chi connectivity index (χ2v) is 6.34. The number of rotatable bonds is 10. The summed E-state index contributed by atoms with van der Waals surface area (Å²) in [4.78, 5) is 13.7. The van der Waals surface area contributed by atoms with Gasteiger partial charge in [0.2, 0.25) is 0 Å². The third kappa shape index (κ3) is 6.16. The molecular formula is C22H29NO5. The van der Waals surface area contributed by atoms with Gasteiger partial charge >= 0.3 is 6.09 Å². The zero-order valence-corrected chi connectivity index (χ0v) is 16.8. The molecule has 2 aromatic carbocycles. The van der Waals surface area contributed by atoms with Gasteiger partial charge in [-0.05, 0) is 49.4 Å². The van der Waals surface area contributed by atoms with Crippen molar-refractivity contribution in [1.29, 1.82) is 0 Å². The van der Waals surface area contributed by atoms with Crippen molar-refractivity contribution < 1.29 is 24.1 Å². The van der Waals surface area contributed by atoms with Crippen LogP contribution >= 0.6 is 0 Å². The minimum Gasteiger partial charge on any atom is -0.493 e. The van der Waals surface area contributed by atoms with Crippen LogP contribution in [0.1, 0.15) is 24.5 Å². The van der Waals surface area contributed by atoms with E-state index < -0.39 is 12.3 Å². The second kappa shape index (κ2) is 11.2. The lowest BCUT2D eigenvalue weighted by Crippen LogP contribution is -2.42. The van der Waals surface area contributed by atoms with Gasteiger partial charge in [-0.15, -0.1) is 0 Å². The number of methoxy groups -OCH3 is 2. The van der Waals surface area contributed by atoms with Crippen LogP contribution in [0.5, 0.6) is 11.5 Å². The van der Waals surface area contributed by atoms with Crippen LogP contribution in [-0.2, 0) is 17.6 Å². The monoisotopic (exact) mass is 387 g/mol. The van der Waals surface area contributed by atoms with Crippen LogP contribution in [0.15, 0.2) is 48.5 Å². The minimum absolute atomic E-state index is 0.261. The summed E-state index contributed by atoms with van der Waals surface area (Å²) in [5, 5.41) is 10.6. The Hall–Kier alpha value is -2.73. The van der Waals surface area contributed by atoms with Crippen molar-refractivity contribution >= 4 is 6.09 Å². The van der Waals surface area contributed by atoms with E-state index >= 15 is 0 Å². The van der Waals surface area contributed by atoms with Crippen molar-refractivity contribution in [1.82, 2.24) is 4.90 Å². The van der Waals surface area contributed by atoms with E-state index in [2.05, 4.69) is 0 Å². The summed E-state index contributed by atoms with van der Waals surface area (Å²) in [6, 6.07) is 15.5. The Morgan fingerprint density at radius 1 is 1.00 bits per heavy atom. The molecule has 0 saturated heterocycles. The fraction of sp³-hybridized carbons (Fsp3) is 0.409. The molecule has 28 heavy (non-hydrogen) atoms. The standard InChI is InChI=1S/C22H29NO5/c1-4-28-22(25)23(21(24)13-11-17-8-6-5-7-9-17)15-14-18-10-12-19(26-2)20(16-18)27-3/h5-10,12,16,21,24H,4,11,13-15H2,1-3H3. The van der Waals surface area contributed by atoms with Gasteiger partial charge in [0.25, 0.3) is 0 Å². The number of benzene rings is 2. The molecule has 0 aliphatic heterocycles. The summed E-state index contributed by atoms with van der Waals surface area (Å²) in [6.07, 6.45) is 0.243. The Kier molecular flexibility index (Phi) is 8.62. The summed E-state index contributed by atoms with van der Waals surface area (Å²) in [7, 11) is 3.17. The van der Waals surface area contributed by atoms with E-state index in [0.29, 0.717) is 37.3 Å². The Morgan fingerprint density at radius 3 is 2.36 bits per heavy atom. The molecule has 0 radical (unpaired) electrons. The predicted molar refractivity (Wildman–Crippen MR) is 108 cm³/mol. The molecule has 0 saturated carbocycles. The second-order valence-electron chi connectivity index (χ2n) is 6.34. The highest BCUT2D eigenvalue weighted by atomic mass is 16.6. The van der Waals surface area contributed by atoms with Gasteiger partial charge in [-0.3, -0.25) is 4.90 Å². The largest absolute Gasteiger partial charge is 0.493 e. The molecule has 0 heterocycles. The molecule has 0 aliphatic rings. The van der Waals surface area contributed by atoms with Gasteiger partial charge < -0.3 is 19.3 Å². The molecule has 0 aromatic heterocycles. The van der Waals surface area contributed by atoms with Crippen molar-refractivity contribution in [3.05, 3.63) is 59.7 Å². The minimum atomic E-state index is -0.917. The molecule has 0 aliphatic carbocycles. The van der Waals surface area contributed by atoms with Crippen molar-refractivity contribution in [3.8, 4) is 11.5 Å². The lowest BCUT2D eigenvalue weighted by Gasteiger charge is -2.27. The van der Waals surface area contributed by atoms with Crippen molar-refractivity contribution in [3.63, 3.8) is 0 Å². The number of aliphatic hydroxyl groups is 1. The first-order valence-electron chi connectivity index (χ1n) is 9.45. The molecule has 1 unspecified atom stereocenters. The van der Waals surface area contributed by atoms with Crippen LogP contribution in [0.2, 0.25) is 0 Å². The third-order valence-corrected chi connectivity index (χ3v) is 4.49. The van der Waals surface area contributed by atoms with E-state index in [4.69, 9.17) is 14.2 Å². The molecule has 1 N–H and O–H groups in total. The van der Waals surface area contributed by atoms with Crippen LogP contribution in [0.4, 0.5) is 4.79 Å². The molecule has 152 valence electrons. The maximum Gasteiger partial charge on any atom is 0.411 e. The van der Waals surface area contributed by atoms with Gasteiger partial charge in [-0.1, -0.05) is 36.4 Å². The van der Waals surface area contributed by atoms with E-state index in [1.807, 2.05) is 48.5 Å². The fourth-order valence-corrected chi connectivity index (χ4v) is 2.95. The van der Waals surface area contributed by atoms with E-state index in [1.165, 1.54) is 4.90 Å². The van der Waals surface area contributed by atoms with Crippen LogP contribution < -0.4 is 9.47 Å². The van der Waals surface area contributed by atoms with Gasteiger partial charge in [0.05, 0.1) is 20.8 Å². The van der Waals surface area contributed by atoms with Crippen LogP contribution in [-0.4, -0.2) is 49.7 Å². The first-order chi connectivity index (χ1) is 13.6. The van der Waals surface area contributed by atoms with Crippen molar-refractivity contribution in [2.75, 3.05) is 27.4 Å². The van der Waals surface area contributed by atoms with Gasteiger partial charge in [0, 0.05) is 6.54 Å². The summed E-state index contributed by atoms with van der Waals surface area (Å²) in [5.41, 5.74) is 2.09. The maximum absolute atomic E-state index is 12.3. The van der Waals surface area contributed by atoms with Crippen molar-refractivity contribution in [2.45, 2.75) is 32.4 Å². The molecule has 0 bridgehead atoms. The normalized spacial score (nSPS) is 11.6. The van der Waals surface area contributed by atoms with Crippen LogP contribution in [0.25, 0.3) is 0 Å². The topological polar surface area (TPSA) is 68.2 Å². The van der Waals surface area contributed by atoms with Gasteiger partial charge in [0.15, 0.2) is 11.5 Å². The number of aryl methyl sites for hydroxylation is 1. The highest BCUT2D eigenvalue weighted by Crippen LogP contribution is 2.27. The SMILES string of the molecule is CCOC(=O)N(CCc1ccc(OC)c(OC)c1)C(O)CCc1ccccc1. The number of aliphatic hydroxyl groups excluding tert-OH is 1. The highest BCUT2D eigenvalue weighted by molar-refractivity contribution is 5.67. The van der Waals surface area contributed by atoms with E-state index in [0.717, 1.165) is 11.1 Å². The van der Waals surface area contributed by atoms with Gasteiger partial charge in [-0.25, -0.2) is 4.79 Å². The van der Waals surface area contributed by atoms with Crippen LogP contribution in [0.3, 0.4) is 0 Å². The lowest BCUT2D eigenvalue weighted by atomic mass is 10.1. The summed E-state index contributed by atoms with van der Waals surface area (Å²) in [6.45, 7) is 2.35. The van der Waals surface area contributed by atoms with Gasteiger partial charge in [-0.2, -0.15) is 0 Å². The zero-order valence-electron chi connectivity index (χ0n) is 16.8. The van der Waals surface area contributed by atoms with Crippen LogP contribution in [0, 0.1) is 0 Å². The van der Waals surface area contributed by atoms with E-state index in [1.54, 1.807) is 21.1 Å². The Morgan fingerprint density at radius 2 is 1.71 bits per heavy atom. The molecule has 0 spiro atoms. The number of carbonyl (C=O) groups excluding carboxylic acids is 1. The molecule has 2 rings (SSSR count). The third-order valence-electron chi connectivity index (χ3n) is 4.49. The summed E-state index contributed by atoms with van der Waals surface area (Å²) < 4.78 is 15.7. The van der Waals surface area contributed by atoms with Crippen molar-refractivity contribution in [2.24, 2.45) is 0 Å². The molecule has 1 amide bonds. The molecular weight excluding hydrogens is 358 g/mol. The lowest BCUT2D eigenvalue weighted by molar-refractivity contribution is -0.00306. The van der Waals surface area contributed by atoms with E-state index in [-0.39, 0.29) is 6.61 Å². The Balaban J connectivity index is 2.03. The zero-order chi connectivity index (χ0) is 20.4. The number of amides is 1. The number of hydrogen-bond acceptors (Lipinski definition) is 5. The summed E-state index contributed by atoms with van der Waals surface area (Å²) in [5.74, 6) is 1.28. The predicted octanol–water partition coefficient (Wildman–Crippen LogP) is 3.66. The number of carbonyl (C=O) groups is 1. The fourth-order valence-electron chi connectivity index (χ4n) is 2.95. The maximum atomic E-state index is 12.3. The number of nitrogens with zero attached hydrogens (tertiary/aromatic N) is 1. The Bertz CT molecular complexity index is 735. The molecule has 0 fully saturated rings. The summed E-state index contributed by atoms with van der Waals surface area (Å²) >= 11 is 0. The number of hydrogen-bond donors (Lipinski definition) is 1. The Labute approximate surface area is 166 Å². The van der Waals surface area contributed by atoms with Gasteiger partial charge in [0.1, 0.15) is 6.23 Å². The average molecular weight is 387 g/mol. The molecule has 6 nitrogen and oxygen atoms in total. The molecule has 1 atom stereocenters. The first-order valence-corrected chi connectivity index (χ1v) is 9.45. The highest BCUT2D eigenvalue weighted by Gasteiger charge is 2.22. The molecule has 6 heteroatoms. The number of ether oxygens (including phenoxy) is 3. The molecule has 2 aromatic rings. The smallest absolute Gasteiger partial charge is 0.411 e. The quantitative estimate of drug-likeness (QED) is 0.630. The first kappa shape index (κ1) is 21.6.